The molecule has 1 atom stereocenters. The lowest BCUT2D eigenvalue weighted by molar-refractivity contribution is 0.0321. The average molecular weight is 323 g/mol. The maximum Gasteiger partial charge on any atom is 0.340 e. The van der Waals surface area contributed by atoms with Crippen molar-refractivity contribution in [3.05, 3.63) is 69.8 Å². The average Bonchev–Trinajstić information content (AvgIpc) is 2.57. The molecule has 0 saturated heterocycles. The van der Waals surface area contributed by atoms with E-state index in [2.05, 4.69) is 9.97 Å². The van der Waals surface area contributed by atoms with Gasteiger partial charge < -0.3 is 15.5 Å². The monoisotopic (exact) mass is 323 g/mol. The summed E-state index contributed by atoms with van der Waals surface area (Å²) in [6.45, 7) is 3.47. The zero-order valence-corrected chi connectivity index (χ0v) is 13.4. The number of aromatic amines is 1. The Kier molecular flexibility index (Phi) is 4.04. The Balaban J connectivity index is 1.90. The molecule has 0 aliphatic rings. The summed E-state index contributed by atoms with van der Waals surface area (Å²) in [6, 6.07) is 12.1. The number of aryl methyl sites for hydroxylation is 1. The number of carbonyl (C=O) groups is 1. The minimum Gasteiger partial charge on any atom is -0.451 e. The number of ether oxygens (including phenoxy) is 1. The second kappa shape index (κ2) is 6.16. The van der Waals surface area contributed by atoms with Gasteiger partial charge in [0.05, 0.1) is 16.5 Å². The van der Waals surface area contributed by atoms with Gasteiger partial charge in [-0.3, -0.25) is 4.79 Å². The van der Waals surface area contributed by atoms with E-state index in [4.69, 9.17) is 10.5 Å². The van der Waals surface area contributed by atoms with Crippen LogP contribution in [-0.4, -0.2) is 15.9 Å². The molecule has 0 saturated carbocycles. The van der Waals surface area contributed by atoms with Gasteiger partial charge in [0, 0.05) is 5.69 Å². The van der Waals surface area contributed by atoms with Crippen LogP contribution in [0.15, 0.2) is 47.3 Å². The van der Waals surface area contributed by atoms with E-state index in [1.165, 1.54) is 0 Å². The molecule has 3 rings (SSSR count). The van der Waals surface area contributed by atoms with E-state index in [9.17, 15) is 9.59 Å². The van der Waals surface area contributed by atoms with Crippen molar-refractivity contribution < 1.29 is 9.53 Å². The topological polar surface area (TPSA) is 98.1 Å². The second-order valence-electron chi connectivity index (χ2n) is 5.55. The summed E-state index contributed by atoms with van der Waals surface area (Å²) >= 11 is 0. The molecule has 2 aromatic carbocycles. The van der Waals surface area contributed by atoms with Crippen molar-refractivity contribution in [2.24, 2.45) is 0 Å². The summed E-state index contributed by atoms with van der Waals surface area (Å²) < 4.78 is 5.41. The number of aromatic nitrogens is 2. The molecule has 1 aromatic heterocycles. The van der Waals surface area contributed by atoms with Crippen molar-refractivity contribution in [2.45, 2.75) is 20.0 Å². The molecule has 0 bridgehead atoms. The standard InChI is InChI=1S/C18H17N3O3/c1-10-6-5-8-13(15(10)19)18(23)24-11(2)16-20-14-9-4-3-7-12(14)17(22)21-16/h3-9,11H,19H2,1-2H3,(H,20,21,22). The predicted octanol–water partition coefficient (Wildman–Crippen LogP) is 2.73. The first-order valence-electron chi connectivity index (χ1n) is 7.52. The first-order valence-corrected chi connectivity index (χ1v) is 7.52. The molecule has 0 aliphatic heterocycles. The number of benzene rings is 2. The number of fused-ring (bicyclic) bond motifs is 1. The van der Waals surface area contributed by atoms with Crippen LogP contribution in [0.4, 0.5) is 5.69 Å². The SMILES string of the molecule is Cc1cccc(C(=O)OC(C)c2nc3ccccc3c(=O)[nH]2)c1N. The summed E-state index contributed by atoms with van der Waals surface area (Å²) in [6.07, 6.45) is -0.713. The maximum atomic E-state index is 12.3. The van der Waals surface area contributed by atoms with Crippen molar-refractivity contribution in [3.8, 4) is 0 Å². The zero-order valence-electron chi connectivity index (χ0n) is 13.4. The summed E-state index contributed by atoms with van der Waals surface area (Å²) in [5.74, 6) is -0.266. The van der Waals surface area contributed by atoms with Crippen LogP contribution in [0.2, 0.25) is 0 Å². The fourth-order valence-corrected chi connectivity index (χ4v) is 2.44. The van der Waals surface area contributed by atoms with E-state index < -0.39 is 12.1 Å². The summed E-state index contributed by atoms with van der Waals surface area (Å²) in [7, 11) is 0. The minimum absolute atomic E-state index is 0.270. The van der Waals surface area contributed by atoms with Gasteiger partial charge in [-0.1, -0.05) is 24.3 Å². The summed E-state index contributed by atoms with van der Waals surface area (Å²) in [4.78, 5) is 31.4. The summed E-state index contributed by atoms with van der Waals surface area (Å²) in [5.41, 5.74) is 7.68. The molecule has 0 amide bonds. The quantitative estimate of drug-likeness (QED) is 0.570. The Labute approximate surface area is 138 Å². The molecular weight excluding hydrogens is 306 g/mol. The fraction of sp³-hybridized carbons (Fsp3) is 0.167. The molecule has 3 N–H and O–H groups in total. The van der Waals surface area contributed by atoms with E-state index in [1.807, 2.05) is 13.0 Å². The zero-order chi connectivity index (χ0) is 17.3. The highest BCUT2D eigenvalue weighted by Crippen LogP contribution is 2.21. The molecule has 0 fully saturated rings. The van der Waals surface area contributed by atoms with Gasteiger partial charge in [0.25, 0.3) is 5.56 Å². The van der Waals surface area contributed by atoms with Crippen LogP contribution in [0.1, 0.15) is 34.8 Å². The molecule has 1 heterocycles. The lowest BCUT2D eigenvalue weighted by Crippen LogP contribution is -2.18. The van der Waals surface area contributed by atoms with Crippen molar-refractivity contribution >= 4 is 22.6 Å². The summed E-state index contributed by atoms with van der Waals surface area (Å²) in [5, 5.41) is 0.489. The Morgan fingerprint density at radius 1 is 1.21 bits per heavy atom. The van der Waals surface area contributed by atoms with Crippen molar-refractivity contribution in [3.63, 3.8) is 0 Å². The molecule has 0 spiro atoms. The van der Waals surface area contributed by atoms with Gasteiger partial charge in [-0.2, -0.15) is 0 Å². The van der Waals surface area contributed by atoms with Crippen LogP contribution in [0.5, 0.6) is 0 Å². The van der Waals surface area contributed by atoms with Gasteiger partial charge in [-0.15, -0.1) is 0 Å². The Bertz CT molecular complexity index is 979. The number of para-hydroxylation sites is 2. The largest absolute Gasteiger partial charge is 0.451 e. The van der Waals surface area contributed by atoms with E-state index in [0.717, 1.165) is 5.56 Å². The fourth-order valence-electron chi connectivity index (χ4n) is 2.44. The van der Waals surface area contributed by atoms with Gasteiger partial charge in [-0.05, 0) is 37.6 Å². The van der Waals surface area contributed by atoms with Crippen LogP contribution < -0.4 is 11.3 Å². The Morgan fingerprint density at radius 2 is 1.96 bits per heavy atom. The molecule has 0 radical (unpaired) electrons. The number of carbonyl (C=O) groups excluding carboxylic acids is 1. The molecule has 1 unspecified atom stereocenters. The number of anilines is 1. The third-order valence-corrected chi connectivity index (χ3v) is 3.84. The number of rotatable bonds is 3. The number of nitrogens with zero attached hydrogens (tertiary/aromatic N) is 1. The third kappa shape index (κ3) is 2.86. The number of hydrogen-bond acceptors (Lipinski definition) is 5. The van der Waals surface area contributed by atoms with E-state index in [-0.39, 0.29) is 5.56 Å². The van der Waals surface area contributed by atoms with Gasteiger partial charge in [0.15, 0.2) is 11.9 Å². The molecule has 24 heavy (non-hydrogen) atoms. The molecule has 3 aromatic rings. The van der Waals surface area contributed by atoms with E-state index in [0.29, 0.717) is 28.0 Å². The first-order chi connectivity index (χ1) is 11.5. The van der Waals surface area contributed by atoms with Gasteiger partial charge in [0.2, 0.25) is 0 Å². The number of nitrogen functional groups attached to an aromatic ring is 1. The highest BCUT2D eigenvalue weighted by atomic mass is 16.5. The van der Waals surface area contributed by atoms with E-state index >= 15 is 0 Å². The van der Waals surface area contributed by atoms with Crippen molar-refractivity contribution in [1.82, 2.24) is 9.97 Å². The highest BCUT2D eigenvalue weighted by Gasteiger charge is 2.19. The number of nitrogens with one attached hydrogen (secondary N) is 1. The minimum atomic E-state index is -0.713. The lowest BCUT2D eigenvalue weighted by atomic mass is 10.1. The first kappa shape index (κ1) is 15.7. The van der Waals surface area contributed by atoms with Crippen LogP contribution >= 0.6 is 0 Å². The second-order valence-corrected chi connectivity index (χ2v) is 5.55. The van der Waals surface area contributed by atoms with Gasteiger partial charge >= 0.3 is 5.97 Å². The molecule has 0 aliphatic carbocycles. The Hall–Kier alpha value is -3.15. The van der Waals surface area contributed by atoms with Crippen LogP contribution in [0, 0.1) is 6.92 Å². The molecule has 6 heteroatoms. The van der Waals surface area contributed by atoms with Crippen molar-refractivity contribution in [2.75, 3.05) is 5.73 Å². The van der Waals surface area contributed by atoms with Gasteiger partial charge in [-0.25, -0.2) is 9.78 Å². The van der Waals surface area contributed by atoms with Crippen molar-refractivity contribution in [1.29, 1.82) is 0 Å². The number of hydrogen-bond donors (Lipinski definition) is 2. The molecule has 6 nitrogen and oxygen atoms in total. The van der Waals surface area contributed by atoms with Crippen LogP contribution in [-0.2, 0) is 4.74 Å². The lowest BCUT2D eigenvalue weighted by Gasteiger charge is -2.14. The smallest absolute Gasteiger partial charge is 0.340 e. The number of esters is 1. The molecule has 122 valence electrons. The predicted molar refractivity (Wildman–Crippen MR) is 91.8 cm³/mol. The third-order valence-electron chi connectivity index (χ3n) is 3.84. The number of nitrogens with two attached hydrogens (primary N) is 1. The van der Waals surface area contributed by atoms with Crippen LogP contribution in [0.25, 0.3) is 10.9 Å². The van der Waals surface area contributed by atoms with E-state index in [1.54, 1.807) is 43.3 Å². The highest BCUT2D eigenvalue weighted by molar-refractivity contribution is 5.95. The van der Waals surface area contributed by atoms with Crippen LogP contribution in [0.3, 0.4) is 0 Å². The Morgan fingerprint density at radius 3 is 2.75 bits per heavy atom. The number of H-pyrrole nitrogens is 1. The normalized spacial score (nSPS) is 12.1. The molecular formula is C18H17N3O3. The van der Waals surface area contributed by atoms with Gasteiger partial charge in [0.1, 0.15) is 0 Å². The maximum absolute atomic E-state index is 12.3.